The lowest BCUT2D eigenvalue weighted by molar-refractivity contribution is -0.307. The van der Waals surface area contributed by atoms with Gasteiger partial charge in [0.1, 0.15) is 11.3 Å². The fourth-order valence-corrected chi connectivity index (χ4v) is 2.27. The van der Waals surface area contributed by atoms with Gasteiger partial charge in [-0.3, -0.25) is 4.79 Å². The van der Waals surface area contributed by atoms with E-state index < -0.39 is 23.5 Å². The summed E-state index contributed by atoms with van der Waals surface area (Å²) >= 11 is 0. The molecule has 0 saturated carbocycles. The number of ether oxygens (including phenoxy) is 1. The fourth-order valence-electron chi connectivity index (χ4n) is 2.27. The zero-order valence-corrected chi connectivity index (χ0v) is 13.9. The number of carboxylic acid groups (broad SMARTS) is 1. The first-order chi connectivity index (χ1) is 11.2. The van der Waals surface area contributed by atoms with Gasteiger partial charge in [-0.1, -0.05) is 0 Å². The summed E-state index contributed by atoms with van der Waals surface area (Å²) in [6.07, 6.45) is 0. The quantitative estimate of drug-likeness (QED) is 0.792. The van der Waals surface area contributed by atoms with E-state index in [2.05, 4.69) is 5.32 Å². The molecule has 1 aromatic carbocycles. The van der Waals surface area contributed by atoms with Crippen LogP contribution in [-0.4, -0.2) is 24.5 Å². The van der Waals surface area contributed by atoms with Crippen molar-refractivity contribution in [2.45, 2.75) is 33.7 Å². The molecule has 128 valence electrons. The van der Waals surface area contributed by atoms with Gasteiger partial charge in [0.25, 0.3) is 5.91 Å². The van der Waals surface area contributed by atoms with Gasteiger partial charge in [-0.25, -0.2) is 4.79 Å². The van der Waals surface area contributed by atoms with Crippen LogP contribution in [0.3, 0.4) is 0 Å². The molecule has 1 atom stereocenters. The third-order valence-electron chi connectivity index (χ3n) is 3.91. The lowest BCUT2D eigenvalue weighted by Gasteiger charge is -2.16. The second kappa shape index (κ2) is 6.74. The number of rotatable bonds is 5. The molecular weight excluding hydrogens is 314 g/mol. The normalized spacial score (nSPS) is 12.0. The van der Waals surface area contributed by atoms with Gasteiger partial charge in [-0.15, -0.1) is 0 Å². The first-order valence-electron chi connectivity index (χ1n) is 7.39. The Bertz CT molecular complexity index is 867. The molecule has 1 amide bonds. The van der Waals surface area contributed by atoms with Gasteiger partial charge in [0, 0.05) is 16.5 Å². The maximum Gasteiger partial charge on any atom is 0.339 e. The van der Waals surface area contributed by atoms with Crippen molar-refractivity contribution in [2.75, 3.05) is 6.61 Å². The first-order valence-corrected chi connectivity index (χ1v) is 7.39. The van der Waals surface area contributed by atoms with Gasteiger partial charge < -0.3 is 24.4 Å². The Balaban J connectivity index is 2.24. The molecule has 0 spiro atoms. The minimum atomic E-state index is -1.38. The highest BCUT2D eigenvalue weighted by molar-refractivity contribution is 5.86. The van der Waals surface area contributed by atoms with E-state index in [4.69, 9.17) is 9.15 Å². The van der Waals surface area contributed by atoms with Crippen LogP contribution in [-0.2, 0) is 9.59 Å². The number of fused-ring (bicyclic) bond motifs is 1. The van der Waals surface area contributed by atoms with Crippen molar-refractivity contribution in [3.8, 4) is 5.75 Å². The van der Waals surface area contributed by atoms with Gasteiger partial charge in [0.2, 0.25) is 0 Å². The minimum absolute atomic E-state index is 0.362. The van der Waals surface area contributed by atoms with E-state index in [1.807, 2.05) is 6.92 Å². The van der Waals surface area contributed by atoms with Crippen molar-refractivity contribution < 1.29 is 23.8 Å². The molecule has 0 aliphatic rings. The zero-order valence-electron chi connectivity index (χ0n) is 13.9. The molecular formula is C17H18NO6-. The Kier molecular flexibility index (Phi) is 4.92. The molecule has 0 aliphatic carbocycles. The lowest BCUT2D eigenvalue weighted by atomic mass is 10.0. The molecule has 0 radical (unpaired) electrons. The Hall–Kier alpha value is -2.83. The number of carbonyl (C=O) groups excluding carboxylic acids is 2. The summed E-state index contributed by atoms with van der Waals surface area (Å²) < 4.78 is 10.7. The second-order valence-corrected chi connectivity index (χ2v) is 5.60. The van der Waals surface area contributed by atoms with Crippen molar-refractivity contribution in [3.05, 3.63) is 39.2 Å². The van der Waals surface area contributed by atoms with E-state index in [9.17, 15) is 19.5 Å². The SMILES string of the molecule is Cc1c(C)c2ccc(OCC(=O)N[C@@H](C)C(=O)[O-])c(C)c2oc1=O. The van der Waals surface area contributed by atoms with E-state index in [0.717, 1.165) is 10.9 Å². The number of aliphatic carboxylic acids is 1. The number of hydrogen-bond acceptors (Lipinski definition) is 6. The predicted molar refractivity (Wildman–Crippen MR) is 84.8 cm³/mol. The highest BCUT2D eigenvalue weighted by Crippen LogP contribution is 2.29. The summed E-state index contributed by atoms with van der Waals surface area (Å²) in [7, 11) is 0. The van der Waals surface area contributed by atoms with Crippen LogP contribution in [0.5, 0.6) is 5.75 Å². The number of amides is 1. The minimum Gasteiger partial charge on any atom is -0.548 e. The Morgan fingerprint density at radius 3 is 2.50 bits per heavy atom. The van der Waals surface area contributed by atoms with Gasteiger partial charge in [-0.05, 0) is 45.4 Å². The molecule has 0 fully saturated rings. The Morgan fingerprint density at radius 2 is 1.88 bits per heavy atom. The molecule has 7 heteroatoms. The van der Waals surface area contributed by atoms with E-state index in [1.165, 1.54) is 6.92 Å². The molecule has 0 bridgehead atoms. The van der Waals surface area contributed by atoms with Gasteiger partial charge in [-0.2, -0.15) is 0 Å². The van der Waals surface area contributed by atoms with Crippen molar-refractivity contribution >= 4 is 22.8 Å². The van der Waals surface area contributed by atoms with Crippen molar-refractivity contribution in [1.29, 1.82) is 0 Å². The zero-order chi connectivity index (χ0) is 18.0. The molecule has 1 heterocycles. The van der Waals surface area contributed by atoms with Crippen LogP contribution in [0, 0.1) is 20.8 Å². The summed E-state index contributed by atoms with van der Waals surface area (Å²) in [5.74, 6) is -1.59. The van der Waals surface area contributed by atoms with Crippen LogP contribution >= 0.6 is 0 Å². The highest BCUT2D eigenvalue weighted by Gasteiger charge is 2.14. The molecule has 0 saturated heterocycles. The van der Waals surface area contributed by atoms with E-state index in [1.54, 1.807) is 26.0 Å². The molecule has 2 rings (SSSR count). The Morgan fingerprint density at radius 1 is 1.21 bits per heavy atom. The van der Waals surface area contributed by atoms with E-state index in [-0.39, 0.29) is 6.61 Å². The van der Waals surface area contributed by atoms with Crippen LogP contribution in [0.15, 0.2) is 21.3 Å². The number of carbonyl (C=O) groups is 2. The van der Waals surface area contributed by atoms with E-state index in [0.29, 0.717) is 22.5 Å². The molecule has 1 N–H and O–H groups in total. The number of aryl methyl sites for hydroxylation is 2. The average Bonchev–Trinajstić information content (AvgIpc) is 2.52. The largest absolute Gasteiger partial charge is 0.548 e. The predicted octanol–water partition coefficient (Wildman–Crippen LogP) is 0.352. The van der Waals surface area contributed by atoms with Crippen molar-refractivity contribution in [2.24, 2.45) is 0 Å². The van der Waals surface area contributed by atoms with Gasteiger partial charge in [0.15, 0.2) is 6.61 Å². The summed E-state index contributed by atoms with van der Waals surface area (Å²) in [6, 6.07) is 2.33. The Labute approximate surface area is 138 Å². The first kappa shape index (κ1) is 17.5. The van der Waals surface area contributed by atoms with Crippen LogP contribution < -0.4 is 20.8 Å². The van der Waals surface area contributed by atoms with Crippen molar-refractivity contribution in [1.82, 2.24) is 5.32 Å². The fraction of sp³-hybridized carbons (Fsp3) is 0.353. The van der Waals surface area contributed by atoms with Crippen LogP contribution in [0.25, 0.3) is 11.0 Å². The number of benzene rings is 1. The summed E-state index contributed by atoms with van der Waals surface area (Å²) in [5, 5.41) is 13.6. The second-order valence-electron chi connectivity index (χ2n) is 5.60. The van der Waals surface area contributed by atoms with Crippen LogP contribution in [0.1, 0.15) is 23.6 Å². The smallest absolute Gasteiger partial charge is 0.339 e. The van der Waals surface area contributed by atoms with Gasteiger partial charge in [0.05, 0.1) is 12.0 Å². The summed E-state index contributed by atoms with van der Waals surface area (Å²) in [5.41, 5.74) is 1.96. The molecule has 0 aliphatic heterocycles. The lowest BCUT2D eigenvalue weighted by Crippen LogP contribution is -2.47. The third kappa shape index (κ3) is 3.40. The highest BCUT2D eigenvalue weighted by atomic mass is 16.5. The summed E-state index contributed by atoms with van der Waals surface area (Å²) in [4.78, 5) is 34.1. The molecule has 24 heavy (non-hydrogen) atoms. The third-order valence-corrected chi connectivity index (χ3v) is 3.91. The monoisotopic (exact) mass is 332 g/mol. The average molecular weight is 332 g/mol. The standard InChI is InChI=1S/C17H19NO6/c1-8-9(2)17(22)24-15-10(3)13(6-5-12(8)15)23-7-14(19)18-11(4)16(20)21/h5-6,11H,7H2,1-4H3,(H,18,19)(H,20,21)/p-1/t11-/m0/s1. The number of nitrogens with one attached hydrogen (secondary N) is 1. The van der Waals surface area contributed by atoms with Crippen LogP contribution in [0.2, 0.25) is 0 Å². The molecule has 2 aromatic rings. The van der Waals surface area contributed by atoms with Crippen molar-refractivity contribution in [3.63, 3.8) is 0 Å². The maximum absolute atomic E-state index is 11.8. The van der Waals surface area contributed by atoms with E-state index >= 15 is 0 Å². The number of hydrogen-bond donors (Lipinski definition) is 1. The molecule has 0 unspecified atom stereocenters. The van der Waals surface area contributed by atoms with Crippen LogP contribution in [0.4, 0.5) is 0 Å². The molecule has 1 aromatic heterocycles. The van der Waals surface area contributed by atoms with Gasteiger partial charge >= 0.3 is 5.63 Å². The molecule has 7 nitrogen and oxygen atoms in total. The number of carboxylic acids is 1. The topological polar surface area (TPSA) is 109 Å². The maximum atomic E-state index is 11.8. The summed E-state index contributed by atoms with van der Waals surface area (Å²) in [6.45, 7) is 6.19.